The number of nitrogens with zero attached hydrogens (tertiary/aromatic N) is 4. The van der Waals surface area contributed by atoms with Crippen molar-refractivity contribution in [3.8, 4) is 11.5 Å². The van der Waals surface area contributed by atoms with E-state index in [4.69, 9.17) is 14.5 Å². The number of fused-ring (bicyclic) bond motifs is 1. The van der Waals surface area contributed by atoms with Gasteiger partial charge in [-0.15, -0.1) is 0 Å². The largest absolute Gasteiger partial charge is 0.508 e. The van der Waals surface area contributed by atoms with Crippen LogP contribution in [0.3, 0.4) is 0 Å². The fourth-order valence-corrected chi connectivity index (χ4v) is 4.50. The molecule has 178 valence electrons. The van der Waals surface area contributed by atoms with Gasteiger partial charge in [-0.1, -0.05) is 12.1 Å². The van der Waals surface area contributed by atoms with Gasteiger partial charge in [0.1, 0.15) is 17.3 Å². The zero-order valence-corrected chi connectivity index (χ0v) is 19.3. The Morgan fingerprint density at radius 3 is 2.85 bits per heavy atom. The van der Waals surface area contributed by atoms with Gasteiger partial charge in [0.15, 0.2) is 0 Å². The highest BCUT2D eigenvalue weighted by Gasteiger charge is 2.21. The molecule has 2 N–H and O–H groups in total. The topological polar surface area (TPSA) is 83.0 Å². The standard InChI is InChI=1S/C26H31N5O3/c32-24-9-2-8-23-22(24)7-3-13-31(23)25-10-11-27-26(29-25)28-20-5-1-6-21(19-20)34-16-4-12-30-14-17-33-18-15-30/h1-2,5-6,8-11,19,32H,3-4,7,12-18H2,(H,27,28,29). The van der Waals surface area contributed by atoms with E-state index in [0.717, 1.165) is 87.2 Å². The molecule has 34 heavy (non-hydrogen) atoms. The summed E-state index contributed by atoms with van der Waals surface area (Å²) >= 11 is 0. The van der Waals surface area contributed by atoms with E-state index in [1.165, 1.54) is 0 Å². The van der Waals surface area contributed by atoms with Crippen molar-refractivity contribution in [1.29, 1.82) is 0 Å². The monoisotopic (exact) mass is 461 g/mol. The smallest absolute Gasteiger partial charge is 0.229 e. The second kappa shape index (κ2) is 10.7. The molecule has 2 aromatic carbocycles. The van der Waals surface area contributed by atoms with Crippen LogP contribution in [0.4, 0.5) is 23.1 Å². The van der Waals surface area contributed by atoms with Crippen molar-refractivity contribution in [2.45, 2.75) is 19.3 Å². The molecule has 0 unspecified atom stereocenters. The summed E-state index contributed by atoms with van der Waals surface area (Å²) in [5.74, 6) is 2.49. The molecule has 0 amide bonds. The van der Waals surface area contributed by atoms with E-state index in [-0.39, 0.29) is 0 Å². The molecule has 0 aliphatic carbocycles. The Labute approximate surface area is 200 Å². The van der Waals surface area contributed by atoms with E-state index in [9.17, 15) is 5.11 Å². The zero-order valence-electron chi connectivity index (χ0n) is 19.3. The zero-order chi connectivity index (χ0) is 23.2. The number of hydrogen-bond acceptors (Lipinski definition) is 8. The van der Waals surface area contributed by atoms with Gasteiger partial charge in [0.2, 0.25) is 5.95 Å². The number of morpholine rings is 1. The minimum atomic E-state index is 0.344. The van der Waals surface area contributed by atoms with Crippen molar-refractivity contribution >= 4 is 23.1 Å². The lowest BCUT2D eigenvalue weighted by atomic mass is 10.0. The highest BCUT2D eigenvalue weighted by Crippen LogP contribution is 2.37. The van der Waals surface area contributed by atoms with Crippen molar-refractivity contribution in [2.24, 2.45) is 0 Å². The van der Waals surface area contributed by atoms with Gasteiger partial charge in [0.05, 0.1) is 19.8 Å². The fraction of sp³-hybridized carbons (Fsp3) is 0.385. The van der Waals surface area contributed by atoms with Gasteiger partial charge in [0.25, 0.3) is 0 Å². The molecule has 1 fully saturated rings. The molecule has 8 nitrogen and oxygen atoms in total. The fourth-order valence-electron chi connectivity index (χ4n) is 4.50. The van der Waals surface area contributed by atoms with Crippen molar-refractivity contribution < 1.29 is 14.6 Å². The van der Waals surface area contributed by atoms with Crippen molar-refractivity contribution in [2.75, 3.05) is 56.2 Å². The molecule has 8 heteroatoms. The van der Waals surface area contributed by atoms with Gasteiger partial charge >= 0.3 is 0 Å². The van der Waals surface area contributed by atoms with Crippen LogP contribution in [-0.4, -0.2) is 66.0 Å². The molecule has 1 saturated heterocycles. The lowest BCUT2D eigenvalue weighted by molar-refractivity contribution is 0.0358. The van der Waals surface area contributed by atoms with Gasteiger partial charge in [-0.05, 0) is 49.6 Å². The number of phenols is 1. The Bertz CT molecular complexity index is 1100. The minimum Gasteiger partial charge on any atom is -0.508 e. The Kier molecular flexibility index (Phi) is 7.07. The van der Waals surface area contributed by atoms with Crippen LogP contribution in [0.1, 0.15) is 18.4 Å². The number of phenolic OH excluding ortho intramolecular Hbond substituents is 1. The van der Waals surface area contributed by atoms with E-state index in [2.05, 4.69) is 20.1 Å². The number of nitrogens with one attached hydrogen (secondary N) is 1. The van der Waals surface area contributed by atoms with Gasteiger partial charge in [-0.3, -0.25) is 4.90 Å². The van der Waals surface area contributed by atoms with E-state index in [0.29, 0.717) is 18.3 Å². The number of aromatic hydroxyl groups is 1. The molecule has 5 rings (SSSR count). The van der Waals surface area contributed by atoms with Crippen molar-refractivity contribution in [1.82, 2.24) is 14.9 Å². The average Bonchev–Trinajstić information content (AvgIpc) is 2.88. The average molecular weight is 462 g/mol. The quantitative estimate of drug-likeness (QED) is 0.485. The van der Waals surface area contributed by atoms with Crippen LogP contribution in [0.5, 0.6) is 11.5 Å². The summed E-state index contributed by atoms with van der Waals surface area (Å²) in [6.45, 7) is 6.20. The van der Waals surface area contributed by atoms with Crippen LogP contribution in [0.2, 0.25) is 0 Å². The van der Waals surface area contributed by atoms with E-state index in [1.807, 2.05) is 42.5 Å². The Morgan fingerprint density at radius 2 is 1.94 bits per heavy atom. The maximum atomic E-state index is 10.2. The van der Waals surface area contributed by atoms with E-state index < -0.39 is 0 Å². The maximum absolute atomic E-state index is 10.2. The Balaban J connectivity index is 1.21. The maximum Gasteiger partial charge on any atom is 0.229 e. The Hall–Kier alpha value is -3.36. The summed E-state index contributed by atoms with van der Waals surface area (Å²) in [5.41, 5.74) is 2.85. The normalized spacial score (nSPS) is 16.2. The molecule has 0 spiro atoms. The molecule has 3 heterocycles. The number of anilines is 4. The van der Waals surface area contributed by atoms with E-state index >= 15 is 0 Å². The van der Waals surface area contributed by atoms with Crippen LogP contribution in [0, 0.1) is 0 Å². The third-order valence-corrected chi connectivity index (χ3v) is 6.22. The second-order valence-corrected chi connectivity index (χ2v) is 8.58. The molecule has 2 aliphatic rings. The molecule has 0 radical (unpaired) electrons. The predicted octanol–water partition coefficient (Wildman–Crippen LogP) is 4.11. The third kappa shape index (κ3) is 5.40. The number of rotatable bonds is 8. The molecule has 0 bridgehead atoms. The van der Waals surface area contributed by atoms with Gasteiger partial charge in [0, 0.05) is 55.4 Å². The first kappa shape index (κ1) is 22.4. The van der Waals surface area contributed by atoms with Crippen LogP contribution in [0.25, 0.3) is 0 Å². The van der Waals surface area contributed by atoms with Gasteiger partial charge in [-0.2, -0.15) is 4.98 Å². The summed E-state index contributed by atoms with van der Waals surface area (Å²) in [5, 5.41) is 13.6. The molecular formula is C26H31N5O3. The summed E-state index contributed by atoms with van der Waals surface area (Å²) in [6.07, 6.45) is 4.57. The first-order valence-corrected chi connectivity index (χ1v) is 12.0. The SMILES string of the molecule is Oc1cccc2c1CCCN2c1ccnc(Nc2cccc(OCCCN3CCOCC3)c2)n1. The lowest BCUT2D eigenvalue weighted by Crippen LogP contribution is -2.37. The highest BCUT2D eigenvalue weighted by molar-refractivity contribution is 5.69. The number of hydrogen-bond donors (Lipinski definition) is 2. The lowest BCUT2D eigenvalue weighted by Gasteiger charge is -2.30. The summed E-state index contributed by atoms with van der Waals surface area (Å²) in [6, 6.07) is 15.4. The Morgan fingerprint density at radius 1 is 1.06 bits per heavy atom. The third-order valence-electron chi connectivity index (χ3n) is 6.22. The number of ether oxygens (including phenoxy) is 2. The molecule has 0 atom stereocenters. The van der Waals surface area contributed by atoms with Crippen LogP contribution >= 0.6 is 0 Å². The van der Waals surface area contributed by atoms with Crippen LogP contribution in [0.15, 0.2) is 54.7 Å². The summed E-state index contributed by atoms with van der Waals surface area (Å²) in [4.78, 5) is 13.7. The van der Waals surface area contributed by atoms with Gasteiger partial charge in [-0.25, -0.2) is 4.98 Å². The molecule has 0 saturated carbocycles. The summed E-state index contributed by atoms with van der Waals surface area (Å²) < 4.78 is 11.4. The predicted molar refractivity (Wildman–Crippen MR) is 133 cm³/mol. The molecule has 1 aromatic heterocycles. The number of aromatic nitrogens is 2. The van der Waals surface area contributed by atoms with Crippen molar-refractivity contribution in [3.05, 3.63) is 60.3 Å². The molecule has 2 aliphatic heterocycles. The molecule has 3 aromatic rings. The summed E-state index contributed by atoms with van der Waals surface area (Å²) in [7, 11) is 0. The van der Waals surface area contributed by atoms with Gasteiger partial charge < -0.3 is 24.8 Å². The second-order valence-electron chi connectivity index (χ2n) is 8.58. The number of benzene rings is 2. The first-order valence-electron chi connectivity index (χ1n) is 12.0. The highest BCUT2D eigenvalue weighted by atomic mass is 16.5. The van der Waals surface area contributed by atoms with E-state index in [1.54, 1.807) is 12.3 Å². The van der Waals surface area contributed by atoms with Crippen LogP contribution < -0.4 is 15.0 Å². The molecular weight excluding hydrogens is 430 g/mol. The minimum absolute atomic E-state index is 0.344. The first-order chi connectivity index (χ1) is 16.8. The van der Waals surface area contributed by atoms with Crippen molar-refractivity contribution in [3.63, 3.8) is 0 Å². The van der Waals surface area contributed by atoms with Crippen LogP contribution in [-0.2, 0) is 11.2 Å².